The Morgan fingerprint density at radius 1 is 1.35 bits per heavy atom. The van der Waals surface area contributed by atoms with Crippen LogP contribution in [0.1, 0.15) is 26.1 Å². The van der Waals surface area contributed by atoms with Crippen LogP contribution in [0, 0.1) is 0 Å². The van der Waals surface area contributed by atoms with E-state index in [1.54, 1.807) is 12.1 Å². The normalized spacial score (nSPS) is 12.4. The second-order valence-corrected chi connectivity index (χ2v) is 7.30. The van der Waals surface area contributed by atoms with Crippen LogP contribution in [0.4, 0.5) is 0 Å². The molecule has 2 aromatic rings. The van der Waals surface area contributed by atoms with Crippen LogP contribution in [0.15, 0.2) is 23.1 Å². The third-order valence-corrected chi connectivity index (χ3v) is 4.20. The maximum Gasteiger partial charge on any atom is 0.177 e. The number of nitrogens with zero attached hydrogens (tertiary/aromatic N) is 1. The summed E-state index contributed by atoms with van der Waals surface area (Å²) in [5.74, 6) is 0.835. The number of hydrogen-bond acceptors (Lipinski definition) is 4. The van der Waals surface area contributed by atoms with Crippen molar-refractivity contribution in [3.05, 3.63) is 24.0 Å². The molecule has 0 saturated carbocycles. The predicted molar refractivity (Wildman–Crippen MR) is 80.7 cm³/mol. The number of H-pyrrole nitrogens is 1. The Morgan fingerprint density at radius 3 is 2.75 bits per heavy atom. The molecule has 0 bridgehead atoms. The lowest BCUT2D eigenvalue weighted by molar-refractivity contribution is 0.567. The SMILES string of the molecule is CC(C)NCCCc1nc2c(S(C)(=O)=O)cccc2[nH]1. The van der Waals surface area contributed by atoms with E-state index >= 15 is 0 Å². The summed E-state index contributed by atoms with van der Waals surface area (Å²) in [5.41, 5.74) is 1.32. The van der Waals surface area contributed by atoms with Crippen molar-refractivity contribution in [2.75, 3.05) is 12.8 Å². The highest BCUT2D eigenvalue weighted by Gasteiger charge is 2.14. The molecule has 0 fully saturated rings. The molecule has 1 aromatic heterocycles. The molecule has 0 radical (unpaired) electrons. The Labute approximate surface area is 119 Å². The molecule has 0 atom stereocenters. The highest BCUT2D eigenvalue weighted by molar-refractivity contribution is 7.91. The van der Waals surface area contributed by atoms with E-state index in [2.05, 4.69) is 29.1 Å². The van der Waals surface area contributed by atoms with E-state index in [4.69, 9.17) is 0 Å². The molecule has 0 unspecified atom stereocenters. The summed E-state index contributed by atoms with van der Waals surface area (Å²) in [6.45, 7) is 5.15. The van der Waals surface area contributed by atoms with E-state index in [-0.39, 0.29) is 4.90 Å². The number of aryl methyl sites for hydroxylation is 1. The van der Waals surface area contributed by atoms with Crippen molar-refractivity contribution in [2.45, 2.75) is 37.6 Å². The van der Waals surface area contributed by atoms with E-state index in [1.165, 1.54) is 6.26 Å². The molecule has 0 aliphatic rings. The van der Waals surface area contributed by atoms with Crippen molar-refractivity contribution in [3.8, 4) is 0 Å². The Hall–Kier alpha value is -1.40. The molecule has 2 N–H and O–H groups in total. The lowest BCUT2D eigenvalue weighted by atomic mass is 10.3. The summed E-state index contributed by atoms with van der Waals surface area (Å²) in [6.07, 6.45) is 2.98. The summed E-state index contributed by atoms with van der Waals surface area (Å²) < 4.78 is 23.5. The minimum atomic E-state index is -3.25. The molecule has 110 valence electrons. The zero-order valence-electron chi connectivity index (χ0n) is 12.1. The summed E-state index contributed by atoms with van der Waals surface area (Å²) >= 11 is 0. The van der Waals surface area contributed by atoms with Crippen molar-refractivity contribution in [1.82, 2.24) is 15.3 Å². The molecular formula is C14H21N3O2S. The zero-order valence-corrected chi connectivity index (χ0v) is 12.9. The van der Waals surface area contributed by atoms with Gasteiger partial charge in [-0.1, -0.05) is 19.9 Å². The molecular weight excluding hydrogens is 274 g/mol. The lowest BCUT2D eigenvalue weighted by Crippen LogP contribution is -2.24. The molecule has 2 rings (SSSR count). The van der Waals surface area contributed by atoms with Crippen LogP contribution in [-0.2, 0) is 16.3 Å². The fourth-order valence-corrected chi connectivity index (χ4v) is 2.95. The van der Waals surface area contributed by atoms with Crippen LogP contribution in [0.5, 0.6) is 0 Å². The van der Waals surface area contributed by atoms with Gasteiger partial charge < -0.3 is 10.3 Å². The van der Waals surface area contributed by atoms with Crippen molar-refractivity contribution in [1.29, 1.82) is 0 Å². The van der Waals surface area contributed by atoms with E-state index in [9.17, 15) is 8.42 Å². The van der Waals surface area contributed by atoms with Crippen LogP contribution >= 0.6 is 0 Å². The first-order valence-electron chi connectivity index (χ1n) is 6.79. The van der Waals surface area contributed by atoms with Gasteiger partial charge in [0.25, 0.3) is 0 Å². The second kappa shape index (κ2) is 5.93. The average molecular weight is 295 g/mol. The van der Waals surface area contributed by atoms with Crippen LogP contribution < -0.4 is 5.32 Å². The number of sulfone groups is 1. The number of para-hydroxylation sites is 1. The van der Waals surface area contributed by atoms with E-state index < -0.39 is 9.84 Å². The number of rotatable bonds is 6. The van der Waals surface area contributed by atoms with Gasteiger partial charge in [-0.05, 0) is 25.1 Å². The van der Waals surface area contributed by atoms with Crippen LogP contribution in [0.2, 0.25) is 0 Å². The molecule has 1 aromatic carbocycles. The van der Waals surface area contributed by atoms with Crippen molar-refractivity contribution >= 4 is 20.9 Å². The van der Waals surface area contributed by atoms with Gasteiger partial charge in [0, 0.05) is 18.7 Å². The maximum atomic E-state index is 11.7. The monoisotopic (exact) mass is 295 g/mol. The number of benzene rings is 1. The van der Waals surface area contributed by atoms with Crippen LogP contribution in [-0.4, -0.2) is 37.2 Å². The standard InChI is InChI=1S/C14H21N3O2S/c1-10(2)15-9-5-8-13-16-11-6-4-7-12(14(11)17-13)20(3,18)19/h4,6-7,10,15H,5,8-9H2,1-3H3,(H,16,17). The molecule has 6 heteroatoms. The van der Waals surface area contributed by atoms with Crippen LogP contribution in [0.25, 0.3) is 11.0 Å². The molecule has 0 spiro atoms. The number of aromatic nitrogens is 2. The van der Waals surface area contributed by atoms with E-state index in [1.807, 2.05) is 6.07 Å². The first-order valence-corrected chi connectivity index (χ1v) is 8.68. The van der Waals surface area contributed by atoms with Gasteiger partial charge >= 0.3 is 0 Å². The lowest BCUT2D eigenvalue weighted by Gasteiger charge is -2.06. The first-order chi connectivity index (χ1) is 9.38. The molecule has 0 aliphatic heterocycles. The fourth-order valence-electron chi connectivity index (χ4n) is 2.12. The van der Waals surface area contributed by atoms with Crippen molar-refractivity contribution < 1.29 is 8.42 Å². The Balaban J connectivity index is 2.17. The third-order valence-electron chi connectivity index (χ3n) is 3.07. The summed E-state index contributed by atoms with van der Waals surface area (Å²) in [7, 11) is -3.25. The highest BCUT2D eigenvalue weighted by atomic mass is 32.2. The van der Waals surface area contributed by atoms with Crippen molar-refractivity contribution in [3.63, 3.8) is 0 Å². The van der Waals surface area contributed by atoms with Gasteiger partial charge in [-0.15, -0.1) is 0 Å². The fraction of sp³-hybridized carbons (Fsp3) is 0.500. The van der Waals surface area contributed by atoms with Gasteiger partial charge in [-0.2, -0.15) is 0 Å². The second-order valence-electron chi connectivity index (χ2n) is 5.32. The molecule has 0 saturated heterocycles. The summed E-state index contributed by atoms with van der Waals surface area (Å²) in [6, 6.07) is 5.67. The molecule has 0 aliphatic carbocycles. The van der Waals surface area contributed by atoms with Gasteiger partial charge in [-0.3, -0.25) is 0 Å². The number of fused-ring (bicyclic) bond motifs is 1. The average Bonchev–Trinajstić information content (AvgIpc) is 2.75. The quantitative estimate of drug-likeness (QED) is 0.798. The molecule has 5 nitrogen and oxygen atoms in total. The van der Waals surface area contributed by atoms with Crippen LogP contribution in [0.3, 0.4) is 0 Å². The van der Waals surface area contributed by atoms with Gasteiger partial charge in [0.2, 0.25) is 0 Å². The van der Waals surface area contributed by atoms with Gasteiger partial charge in [0.05, 0.1) is 10.4 Å². The number of hydrogen-bond donors (Lipinski definition) is 2. The number of nitrogens with one attached hydrogen (secondary N) is 2. The Morgan fingerprint density at radius 2 is 2.10 bits per heavy atom. The zero-order chi connectivity index (χ0) is 14.8. The van der Waals surface area contributed by atoms with Gasteiger partial charge in [0.15, 0.2) is 9.84 Å². The van der Waals surface area contributed by atoms with Gasteiger partial charge in [-0.25, -0.2) is 13.4 Å². The highest BCUT2D eigenvalue weighted by Crippen LogP contribution is 2.21. The van der Waals surface area contributed by atoms with Crippen molar-refractivity contribution in [2.24, 2.45) is 0 Å². The molecule has 0 amide bonds. The largest absolute Gasteiger partial charge is 0.342 e. The minimum Gasteiger partial charge on any atom is -0.342 e. The summed E-state index contributed by atoms with van der Waals surface area (Å²) in [4.78, 5) is 7.92. The summed E-state index contributed by atoms with van der Waals surface area (Å²) in [5, 5.41) is 3.35. The molecule has 20 heavy (non-hydrogen) atoms. The predicted octanol–water partition coefficient (Wildman–Crippen LogP) is 1.90. The minimum absolute atomic E-state index is 0.290. The Kier molecular flexibility index (Phi) is 4.45. The number of aromatic amines is 1. The maximum absolute atomic E-state index is 11.7. The van der Waals surface area contributed by atoms with E-state index in [0.717, 1.165) is 30.7 Å². The third kappa shape index (κ3) is 3.58. The topological polar surface area (TPSA) is 74.8 Å². The number of imidazole rings is 1. The Bertz CT molecular complexity index is 690. The smallest absolute Gasteiger partial charge is 0.177 e. The van der Waals surface area contributed by atoms with Gasteiger partial charge in [0.1, 0.15) is 11.3 Å². The molecule has 1 heterocycles. The first kappa shape index (κ1) is 15.0. The van der Waals surface area contributed by atoms with E-state index in [0.29, 0.717) is 11.6 Å².